The first-order valence-electron chi connectivity index (χ1n) is 7.29. The van der Waals surface area contributed by atoms with Crippen molar-refractivity contribution < 1.29 is 5.11 Å². The Morgan fingerprint density at radius 3 is 2.53 bits per heavy atom. The van der Waals surface area contributed by atoms with Gasteiger partial charge in [0.05, 0.1) is 0 Å². The van der Waals surface area contributed by atoms with Crippen LogP contribution in [-0.4, -0.2) is 59.8 Å². The molecule has 3 nitrogen and oxygen atoms in total. The topological polar surface area (TPSA) is 26.7 Å². The van der Waals surface area contributed by atoms with E-state index in [9.17, 15) is 5.11 Å². The van der Waals surface area contributed by atoms with E-state index in [4.69, 9.17) is 0 Å². The van der Waals surface area contributed by atoms with E-state index >= 15 is 0 Å². The van der Waals surface area contributed by atoms with Crippen molar-refractivity contribution in [3.8, 4) is 0 Å². The van der Waals surface area contributed by atoms with Crippen molar-refractivity contribution in [2.45, 2.75) is 63.6 Å². The van der Waals surface area contributed by atoms with Gasteiger partial charge in [0, 0.05) is 31.3 Å². The maximum Gasteiger partial charge on any atom is 0.0446 e. The Morgan fingerprint density at radius 1 is 1.18 bits per heavy atom. The molecule has 0 bridgehead atoms. The van der Waals surface area contributed by atoms with Crippen LogP contribution in [-0.2, 0) is 0 Å². The van der Waals surface area contributed by atoms with Crippen molar-refractivity contribution in [2.75, 3.05) is 26.7 Å². The summed E-state index contributed by atoms with van der Waals surface area (Å²) in [5.41, 5.74) is 0. The van der Waals surface area contributed by atoms with Gasteiger partial charge in [-0.1, -0.05) is 12.8 Å². The first-order valence-corrected chi connectivity index (χ1v) is 7.29. The molecule has 2 rings (SSSR count). The molecule has 2 atom stereocenters. The van der Waals surface area contributed by atoms with Crippen LogP contribution in [0.15, 0.2) is 0 Å². The zero-order valence-electron chi connectivity index (χ0n) is 11.4. The number of hydrogen-bond donors (Lipinski definition) is 1. The second-order valence-electron chi connectivity index (χ2n) is 5.95. The van der Waals surface area contributed by atoms with Crippen LogP contribution >= 0.6 is 0 Å². The average molecular weight is 240 g/mol. The van der Waals surface area contributed by atoms with Crippen LogP contribution in [0, 0.1) is 0 Å². The molecular formula is C14H28N2O. The smallest absolute Gasteiger partial charge is 0.0446 e. The van der Waals surface area contributed by atoms with Crippen LogP contribution in [0.2, 0.25) is 0 Å². The molecule has 2 fully saturated rings. The number of rotatable bonds is 3. The molecule has 100 valence electrons. The Balaban J connectivity index is 2.08. The van der Waals surface area contributed by atoms with Crippen molar-refractivity contribution in [2.24, 2.45) is 0 Å². The summed E-state index contributed by atoms with van der Waals surface area (Å²) >= 11 is 0. The number of nitrogens with zero attached hydrogens (tertiary/aromatic N) is 2. The van der Waals surface area contributed by atoms with Crippen LogP contribution in [0.25, 0.3) is 0 Å². The minimum Gasteiger partial charge on any atom is -0.396 e. The molecule has 3 heteroatoms. The highest BCUT2D eigenvalue weighted by Crippen LogP contribution is 2.30. The first kappa shape index (κ1) is 13.3. The Hall–Kier alpha value is -0.120. The Morgan fingerprint density at radius 2 is 1.88 bits per heavy atom. The van der Waals surface area contributed by atoms with Gasteiger partial charge in [0.15, 0.2) is 0 Å². The van der Waals surface area contributed by atoms with E-state index in [0.29, 0.717) is 18.7 Å². The standard InChI is InChI=1S/C14H28N2O/c1-12-7-9-15(2)11-14(8-10-17)16(12)13-5-3-4-6-13/h12-14,17H,3-11H2,1-2H3. The largest absolute Gasteiger partial charge is 0.396 e. The van der Waals surface area contributed by atoms with Crippen LogP contribution in [0.3, 0.4) is 0 Å². The van der Waals surface area contributed by atoms with Gasteiger partial charge in [-0.2, -0.15) is 0 Å². The normalized spacial score (nSPS) is 34.1. The molecule has 1 heterocycles. The molecular weight excluding hydrogens is 212 g/mol. The van der Waals surface area contributed by atoms with Gasteiger partial charge in [-0.05, 0) is 46.2 Å². The minimum absolute atomic E-state index is 0.328. The van der Waals surface area contributed by atoms with E-state index in [1.165, 1.54) is 38.6 Å². The summed E-state index contributed by atoms with van der Waals surface area (Å²) in [5.74, 6) is 0. The fourth-order valence-electron chi connectivity index (χ4n) is 3.71. The summed E-state index contributed by atoms with van der Waals surface area (Å²) in [7, 11) is 2.22. The number of aliphatic hydroxyl groups excluding tert-OH is 1. The summed E-state index contributed by atoms with van der Waals surface area (Å²) in [5, 5.41) is 9.30. The summed E-state index contributed by atoms with van der Waals surface area (Å²) in [6, 6.07) is 2.03. The van der Waals surface area contributed by atoms with Gasteiger partial charge in [0.25, 0.3) is 0 Å². The van der Waals surface area contributed by atoms with E-state index in [1.54, 1.807) is 0 Å². The monoisotopic (exact) mass is 240 g/mol. The predicted molar refractivity (Wildman–Crippen MR) is 71.2 cm³/mol. The Bertz CT molecular complexity index is 228. The molecule has 0 spiro atoms. The lowest BCUT2D eigenvalue weighted by atomic mass is 10.0. The van der Waals surface area contributed by atoms with Gasteiger partial charge >= 0.3 is 0 Å². The summed E-state index contributed by atoms with van der Waals surface area (Å²) in [6.07, 6.45) is 7.75. The fraction of sp³-hybridized carbons (Fsp3) is 1.00. The summed E-state index contributed by atoms with van der Waals surface area (Å²) in [6.45, 7) is 5.03. The van der Waals surface area contributed by atoms with E-state index in [-0.39, 0.29) is 0 Å². The summed E-state index contributed by atoms with van der Waals surface area (Å²) in [4.78, 5) is 5.18. The first-order chi connectivity index (χ1) is 8.22. The molecule has 1 aliphatic heterocycles. The predicted octanol–water partition coefficient (Wildman–Crippen LogP) is 1.71. The lowest BCUT2D eigenvalue weighted by molar-refractivity contribution is 0.0736. The lowest BCUT2D eigenvalue weighted by Gasteiger charge is -2.39. The molecule has 17 heavy (non-hydrogen) atoms. The highest BCUT2D eigenvalue weighted by molar-refractivity contribution is 4.90. The third-order valence-corrected chi connectivity index (χ3v) is 4.59. The number of hydrogen-bond acceptors (Lipinski definition) is 3. The lowest BCUT2D eigenvalue weighted by Crippen LogP contribution is -2.49. The maximum absolute atomic E-state index is 9.30. The molecule has 0 aromatic heterocycles. The molecule has 2 unspecified atom stereocenters. The fourth-order valence-corrected chi connectivity index (χ4v) is 3.71. The Kier molecular flexibility index (Phi) is 4.83. The molecule has 0 radical (unpaired) electrons. The van der Waals surface area contributed by atoms with Gasteiger partial charge in [-0.15, -0.1) is 0 Å². The quantitative estimate of drug-likeness (QED) is 0.813. The molecule has 0 amide bonds. The van der Waals surface area contributed by atoms with Crippen LogP contribution in [0.5, 0.6) is 0 Å². The van der Waals surface area contributed by atoms with Crippen LogP contribution in [0.4, 0.5) is 0 Å². The SMILES string of the molecule is CC1CCN(C)CC(CCO)N1C1CCCC1. The van der Waals surface area contributed by atoms with Crippen LogP contribution in [0.1, 0.15) is 45.4 Å². The molecule has 0 aromatic rings. The van der Waals surface area contributed by atoms with Gasteiger partial charge in [-0.25, -0.2) is 0 Å². The van der Waals surface area contributed by atoms with Gasteiger partial charge in [0.1, 0.15) is 0 Å². The average Bonchev–Trinajstić information content (AvgIpc) is 2.76. The van der Waals surface area contributed by atoms with Crippen molar-refractivity contribution in [3.05, 3.63) is 0 Å². The van der Waals surface area contributed by atoms with E-state index in [1.807, 2.05) is 0 Å². The Labute approximate surface area is 106 Å². The summed E-state index contributed by atoms with van der Waals surface area (Å²) < 4.78 is 0. The zero-order chi connectivity index (χ0) is 12.3. The van der Waals surface area contributed by atoms with Crippen molar-refractivity contribution in [3.63, 3.8) is 0 Å². The second kappa shape index (κ2) is 6.17. The van der Waals surface area contributed by atoms with E-state index in [0.717, 1.165) is 19.0 Å². The van der Waals surface area contributed by atoms with Crippen molar-refractivity contribution in [1.29, 1.82) is 0 Å². The van der Waals surface area contributed by atoms with Crippen LogP contribution < -0.4 is 0 Å². The highest BCUT2D eigenvalue weighted by Gasteiger charge is 2.34. The molecule has 1 N–H and O–H groups in total. The maximum atomic E-state index is 9.30. The molecule has 1 saturated heterocycles. The van der Waals surface area contributed by atoms with E-state index in [2.05, 4.69) is 23.8 Å². The van der Waals surface area contributed by atoms with Gasteiger partial charge in [0.2, 0.25) is 0 Å². The third-order valence-electron chi connectivity index (χ3n) is 4.59. The van der Waals surface area contributed by atoms with E-state index < -0.39 is 0 Å². The number of aliphatic hydroxyl groups is 1. The number of likely N-dealkylation sites (N-methyl/N-ethyl adjacent to an activating group) is 1. The van der Waals surface area contributed by atoms with Crippen molar-refractivity contribution in [1.82, 2.24) is 9.80 Å². The second-order valence-corrected chi connectivity index (χ2v) is 5.95. The minimum atomic E-state index is 0.328. The van der Waals surface area contributed by atoms with Gasteiger partial charge < -0.3 is 10.0 Å². The molecule has 1 saturated carbocycles. The highest BCUT2D eigenvalue weighted by atomic mass is 16.3. The van der Waals surface area contributed by atoms with Crippen molar-refractivity contribution >= 4 is 0 Å². The molecule has 1 aliphatic carbocycles. The van der Waals surface area contributed by atoms with Gasteiger partial charge in [-0.3, -0.25) is 4.90 Å². The molecule has 2 aliphatic rings. The third kappa shape index (κ3) is 3.21. The molecule has 0 aromatic carbocycles. The zero-order valence-corrected chi connectivity index (χ0v) is 11.4.